The summed E-state index contributed by atoms with van der Waals surface area (Å²) in [6.45, 7) is 2.60. The van der Waals surface area contributed by atoms with Crippen molar-refractivity contribution >= 4 is 51.6 Å². The van der Waals surface area contributed by atoms with Crippen LogP contribution in [0.3, 0.4) is 0 Å². The summed E-state index contributed by atoms with van der Waals surface area (Å²) in [7, 11) is 1.32. The highest BCUT2D eigenvalue weighted by atomic mass is 35.5. The number of nitrogens with zero attached hydrogens (tertiary/aromatic N) is 3. The summed E-state index contributed by atoms with van der Waals surface area (Å²) in [6.07, 6.45) is 0. The molecule has 4 rings (SSSR count). The molecule has 34 heavy (non-hydrogen) atoms. The lowest BCUT2D eigenvalue weighted by atomic mass is 10.0. The minimum atomic E-state index is -0.502. The van der Waals surface area contributed by atoms with Crippen LogP contribution in [0, 0.1) is 0 Å². The zero-order chi connectivity index (χ0) is 24.1. The molecule has 10 heteroatoms. The first-order valence-corrected chi connectivity index (χ1v) is 12.6. The molecule has 0 radical (unpaired) electrons. The second-order valence-electron chi connectivity index (χ2n) is 7.08. The van der Waals surface area contributed by atoms with Crippen LogP contribution in [0.25, 0.3) is 22.5 Å². The van der Waals surface area contributed by atoms with Crippen LogP contribution in [0.1, 0.15) is 17.3 Å². The van der Waals surface area contributed by atoms with E-state index < -0.39 is 5.97 Å². The average Bonchev–Trinajstić information content (AvgIpc) is 3.47. The van der Waals surface area contributed by atoms with E-state index in [9.17, 15) is 9.59 Å². The SMILES string of the molecule is CCn1c(SCC(=O)Nc2scc(-c3ccccc3)c2C(=O)OC)nnc1-c1ccccc1Cl. The van der Waals surface area contributed by atoms with Crippen molar-refractivity contribution < 1.29 is 14.3 Å². The lowest BCUT2D eigenvalue weighted by molar-refractivity contribution is -0.113. The van der Waals surface area contributed by atoms with Gasteiger partial charge < -0.3 is 14.6 Å². The molecular weight excluding hydrogens is 492 g/mol. The molecule has 0 bridgehead atoms. The van der Waals surface area contributed by atoms with Crippen LogP contribution in [0.5, 0.6) is 0 Å². The van der Waals surface area contributed by atoms with Gasteiger partial charge >= 0.3 is 5.97 Å². The highest BCUT2D eigenvalue weighted by Crippen LogP contribution is 2.36. The summed E-state index contributed by atoms with van der Waals surface area (Å²) in [5, 5.41) is 14.9. The van der Waals surface area contributed by atoms with E-state index >= 15 is 0 Å². The maximum Gasteiger partial charge on any atom is 0.341 e. The van der Waals surface area contributed by atoms with Gasteiger partial charge in [-0.15, -0.1) is 21.5 Å². The van der Waals surface area contributed by atoms with Crippen LogP contribution in [0.4, 0.5) is 5.00 Å². The largest absolute Gasteiger partial charge is 0.465 e. The summed E-state index contributed by atoms with van der Waals surface area (Å²) in [4.78, 5) is 25.3. The Balaban J connectivity index is 1.51. The molecule has 4 aromatic rings. The van der Waals surface area contributed by atoms with E-state index in [4.69, 9.17) is 16.3 Å². The molecule has 0 unspecified atom stereocenters. The van der Waals surface area contributed by atoms with E-state index in [1.807, 2.05) is 65.4 Å². The molecule has 1 amide bonds. The summed E-state index contributed by atoms with van der Waals surface area (Å²) >= 11 is 8.88. The van der Waals surface area contributed by atoms with E-state index in [0.717, 1.165) is 16.7 Å². The number of carbonyl (C=O) groups excluding carboxylic acids is 2. The molecule has 2 heterocycles. The van der Waals surface area contributed by atoms with E-state index in [2.05, 4.69) is 15.5 Å². The number of anilines is 1. The van der Waals surface area contributed by atoms with Gasteiger partial charge in [0, 0.05) is 23.1 Å². The second-order valence-corrected chi connectivity index (χ2v) is 9.31. The van der Waals surface area contributed by atoms with Crippen LogP contribution in [0.15, 0.2) is 65.1 Å². The molecule has 0 saturated carbocycles. The van der Waals surface area contributed by atoms with Crippen LogP contribution in [0.2, 0.25) is 5.02 Å². The molecule has 1 N–H and O–H groups in total. The number of rotatable bonds is 8. The highest BCUT2D eigenvalue weighted by molar-refractivity contribution is 7.99. The number of nitrogens with one attached hydrogen (secondary N) is 1. The van der Waals surface area contributed by atoms with E-state index in [1.54, 1.807) is 6.07 Å². The topological polar surface area (TPSA) is 86.1 Å². The van der Waals surface area contributed by atoms with Gasteiger partial charge in [-0.2, -0.15) is 0 Å². The lowest BCUT2D eigenvalue weighted by Crippen LogP contribution is -2.16. The number of aromatic nitrogens is 3. The first-order valence-electron chi connectivity index (χ1n) is 10.4. The summed E-state index contributed by atoms with van der Waals surface area (Å²) < 4.78 is 6.89. The Bertz CT molecular complexity index is 1320. The molecule has 2 aromatic carbocycles. The highest BCUT2D eigenvalue weighted by Gasteiger charge is 2.23. The zero-order valence-corrected chi connectivity index (χ0v) is 20.8. The van der Waals surface area contributed by atoms with Crippen molar-refractivity contribution in [2.45, 2.75) is 18.6 Å². The van der Waals surface area contributed by atoms with Gasteiger partial charge in [0.15, 0.2) is 11.0 Å². The Kier molecular flexibility index (Phi) is 7.66. The lowest BCUT2D eigenvalue weighted by Gasteiger charge is -2.09. The van der Waals surface area contributed by atoms with Crippen molar-refractivity contribution in [3.8, 4) is 22.5 Å². The van der Waals surface area contributed by atoms with Crippen molar-refractivity contribution in [2.75, 3.05) is 18.2 Å². The number of thiophene rings is 1. The molecule has 0 aliphatic rings. The Morgan fingerprint density at radius 2 is 1.82 bits per heavy atom. The standard InChI is InChI=1S/C24H21ClN4O3S2/c1-3-29-21(16-11-7-8-12-18(16)25)27-28-24(29)34-14-19(30)26-22-20(23(31)32-2)17(13-33-22)15-9-5-4-6-10-15/h4-13H,3,14H2,1-2H3,(H,26,30). The van der Waals surface area contributed by atoms with Crippen molar-refractivity contribution in [1.82, 2.24) is 14.8 Å². The third-order valence-electron chi connectivity index (χ3n) is 5.00. The Morgan fingerprint density at radius 1 is 1.09 bits per heavy atom. The van der Waals surface area contributed by atoms with Crippen LogP contribution in [-0.4, -0.2) is 39.5 Å². The van der Waals surface area contributed by atoms with Crippen molar-refractivity contribution in [1.29, 1.82) is 0 Å². The Labute approximate surface area is 210 Å². The van der Waals surface area contributed by atoms with Gasteiger partial charge in [0.05, 0.1) is 17.9 Å². The van der Waals surface area contributed by atoms with Crippen LogP contribution < -0.4 is 5.32 Å². The van der Waals surface area contributed by atoms with Crippen LogP contribution in [-0.2, 0) is 16.1 Å². The number of carbonyl (C=O) groups is 2. The fourth-order valence-corrected chi connectivity index (χ4v) is 5.40. The minimum Gasteiger partial charge on any atom is -0.465 e. The number of amides is 1. The van der Waals surface area contributed by atoms with Gasteiger partial charge in [0.2, 0.25) is 5.91 Å². The number of benzene rings is 2. The molecule has 0 fully saturated rings. The summed E-state index contributed by atoms with van der Waals surface area (Å²) in [5.41, 5.74) is 2.71. The number of ether oxygens (including phenoxy) is 1. The first-order chi connectivity index (χ1) is 16.5. The Hall–Kier alpha value is -3.14. The quantitative estimate of drug-likeness (QED) is 0.235. The van der Waals surface area contributed by atoms with Gasteiger partial charge in [-0.1, -0.05) is 65.8 Å². The van der Waals surface area contributed by atoms with Crippen molar-refractivity contribution in [2.24, 2.45) is 0 Å². The molecule has 0 aliphatic heterocycles. The third kappa shape index (κ3) is 5.01. The molecule has 0 atom stereocenters. The fraction of sp³-hybridized carbons (Fsp3) is 0.167. The minimum absolute atomic E-state index is 0.0971. The molecule has 2 aromatic heterocycles. The number of methoxy groups -OCH3 is 1. The molecule has 0 spiro atoms. The molecular formula is C24H21ClN4O3S2. The van der Waals surface area contributed by atoms with Gasteiger partial charge in [0.1, 0.15) is 10.6 Å². The average molecular weight is 513 g/mol. The number of halogens is 1. The Morgan fingerprint density at radius 3 is 2.53 bits per heavy atom. The zero-order valence-electron chi connectivity index (χ0n) is 18.4. The van der Waals surface area contributed by atoms with Crippen molar-refractivity contribution in [3.05, 3.63) is 70.6 Å². The number of esters is 1. The van der Waals surface area contributed by atoms with E-state index in [1.165, 1.54) is 30.2 Å². The van der Waals surface area contributed by atoms with E-state index in [-0.39, 0.29) is 11.7 Å². The van der Waals surface area contributed by atoms with Gasteiger partial charge in [-0.3, -0.25) is 4.79 Å². The normalized spacial score (nSPS) is 10.8. The molecule has 0 aliphatic carbocycles. The number of hydrogen-bond donors (Lipinski definition) is 1. The molecule has 7 nitrogen and oxygen atoms in total. The van der Waals surface area contributed by atoms with Gasteiger partial charge in [-0.25, -0.2) is 4.79 Å². The van der Waals surface area contributed by atoms with Gasteiger partial charge in [0.25, 0.3) is 0 Å². The molecule has 0 saturated heterocycles. The monoisotopic (exact) mass is 512 g/mol. The smallest absolute Gasteiger partial charge is 0.341 e. The second kappa shape index (κ2) is 10.9. The summed E-state index contributed by atoms with van der Waals surface area (Å²) in [5.74, 6) is -0.0192. The van der Waals surface area contributed by atoms with Crippen molar-refractivity contribution in [3.63, 3.8) is 0 Å². The maximum absolute atomic E-state index is 12.8. The van der Waals surface area contributed by atoms with E-state index in [0.29, 0.717) is 33.1 Å². The van der Waals surface area contributed by atoms with Crippen LogP contribution >= 0.6 is 34.7 Å². The fourth-order valence-electron chi connectivity index (χ4n) is 3.40. The first kappa shape index (κ1) is 24.0. The maximum atomic E-state index is 12.8. The number of hydrogen-bond acceptors (Lipinski definition) is 7. The van der Waals surface area contributed by atoms with Gasteiger partial charge in [-0.05, 0) is 24.6 Å². The predicted octanol–water partition coefficient (Wildman–Crippen LogP) is 5.86. The third-order valence-corrected chi connectivity index (χ3v) is 7.19. The predicted molar refractivity (Wildman–Crippen MR) is 137 cm³/mol. The molecule has 174 valence electrons. The summed E-state index contributed by atoms with van der Waals surface area (Å²) in [6, 6.07) is 16.9. The number of thioether (sulfide) groups is 1.